The van der Waals surface area contributed by atoms with Crippen molar-refractivity contribution in [2.24, 2.45) is 0 Å². The van der Waals surface area contributed by atoms with Gasteiger partial charge in [0.05, 0.1) is 7.11 Å². The van der Waals surface area contributed by atoms with Crippen LogP contribution in [-0.2, 0) is 28.5 Å². The second kappa shape index (κ2) is 9.50. The molecule has 0 aliphatic rings. The predicted octanol–water partition coefficient (Wildman–Crippen LogP) is 1.83. The number of hydrogen-bond donors (Lipinski definition) is 0. The van der Waals surface area contributed by atoms with Gasteiger partial charge in [-0.25, -0.2) is 4.79 Å². The zero-order valence-electron chi connectivity index (χ0n) is 12.8. The summed E-state index contributed by atoms with van der Waals surface area (Å²) < 4.78 is 20.5. The van der Waals surface area contributed by atoms with Crippen LogP contribution >= 0.6 is 0 Å². The Morgan fingerprint density at radius 3 is 2.20 bits per heavy atom. The van der Waals surface area contributed by atoms with E-state index in [0.717, 1.165) is 12.8 Å². The number of unbranched alkanes of at least 4 members (excludes halogenated alkanes) is 1. The van der Waals surface area contributed by atoms with Crippen molar-refractivity contribution in [2.75, 3.05) is 21.3 Å². The van der Waals surface area contributed by atoms with Crippen LogP contribution in [0.1, 0.15) is 33.1 Å². The van der Waals surface area contributed by atoms with E-state index in [1.165, 1.54) is 40.4 Å². The van der Waals surface area contributed by atoms with Crippen molar-refractivity contribution in [2.45, 2.75) is 45.0 Å². The molecule has 6 heteroatoms. The maximum Gasteiger partial charge on any atom is 0.330 e. The van der Waals surface area contributed by atoms with Gasteiger partial charge in [0.1, 0.15) is 0 Å². The van der Waals surface area contributed by atoms with Gasteiger partial charge in [-0.1, -0.05) is 13.3 Å². The third-order valence-electron chi connectivity index (χ3n) is 2.87. The van der Waals surface area contributed by atoms with Crippen LogP contribution in [0.4, 0.5) is 0 Å². The van der Waals surface area contributed by atoms with E-state index < -0.39 is 23.8 Å². The Bertz CT molecular complexity index is 333. The van der Waals surface area contributed by atoms with Crippen LogP contribution in [0.25, 0.3) is 0 Å². The summed E-state index contributed by atoms with van der Waals surface area (Å²) in [7, 11) is 4.12. The van der Waals surface area contributed by atoms with Crippen LogP contribution in [-0.4, -0.2) is 45.2 Å². The van der Waals surface area contributed by atoms with E-state index in [2.05, 4.69) is 4.74 Å². The minimum absolute atomic E-state index is 0.434. The Balaban J connectivity index is 5.24. The van der Waals surface area contributed by atoms with E-state index in [1.54, 1.807) is 0 Å². The molecule has 0 aromatic carbocycles. The van der Waals surface area contributed by atoms with Crippen LogP contribution in [0.2, 0.25) is 0 Å². The quantitative estimate of drug-likeness (QED) is 0.366. The lowest BCUT2D eigenvalue weighted by Gasteiger charge is -2.35. The molecule has 0 aliphatic heterocycles. The van der Waals surface area contributed by atoms with Crippen LogP contribution in [0.3, 0.4) is 0 Å². The van der Waals surface area contributed by atoms with Gasteiger partial charge < -0.3 is 18.9 Å². The standard InChI is InChI=1S/C14H24O6/c1-6-7-8-12(20-11(2)15)14(18-4,19-5)10-9-13(16)17-3/h9-10,12H,6-8H2,1-5H3/b10-9-. The Labute approximate surface area is 120 Å². The Morgan fingerprint density at radius 2 is 1.80 bits per heavy atom. The molecule has 20 heavy (non-hydrogen) atoms. The Kier molecular flexibility index (Phi) is 8.83. The molecule has 0 aliphatic carbocycles. The van der Waals surface area contributed by atoms with Crippen molar-refractivity contribution in [1.82, 2.24) is 0 Å². The molecule has 0 rings (SSSR count). The summed E-state index contributed by atoms with van der Waals surface area (Å²) in [6, 6.07) is 0. The normalized spacial score (nSPS) is 13.2. The fourth-order valence-corrected chi connectivity index (χ4v) is 1.77. The summed E-state index contributed by atoms with van der Waals surface area (Å²) in [5, 5.41) is 0. The van der Waals surface area contributed by atoms with Crippen molar-refractivity contribution in [1.29, 1.82) is 0 Å². The summed E-state index contributed by atoms with van der Waals surface area (Å²) in [4.78, 5) is 22.5. The largest absolute Gasteiger partial charge is 0.466 e. The summed E-state index contributed by atoms with van der Waals surface area (Å²) in [6.07, 6.45) is 4.28. The van der Waals surface area contributed by atoms with Crippen molar-refractivity contribution < 1.29 is 28.5 Å². The van der Waals surface area contributed by atoms with E-state index >= 15 is 0 Å². The molecule has 0 N–H and O–H groups in total. The van der Waals surface area contributed by atoms with Crippen LogP contribution in [0, 0.1) is 0 Å². The van der Waals surface area contributed by atoms with E-state index in [0.29, 0.717) is 6.42 Å². The summed E-state index contributed by atoms with van der Waals surface area (Å²) in [5.41, 5.74) is 0. The number of rotatable bonds is 9. The van der Waals surface area contributed by atoms with Crippen LogP contribution in [0.15, 0.2) is 12.2 Å². The Hall–Kier alpha value is -1.40. The molecule has 0 aromatic rings. The van der Waals surface area contributed by atoms with E-state index in [1.807, 2.05) is 6.92 Å². The first-order chi connectivity index (χ1) is 9.45. The first-order valence-corrected chi connectivity index (χ1v) is 6.50. The van der Waals surface area contributed by atoms with Gasteiger partial charge in [-0.3, -0.25) is 4.79 Å². The van der Waals surface area contributed by atoms with Gasteiger partial charge in [0.25, 0.3) is 0 Å². The Morgan fingerprint density at radius 1 is 1.20 bits per heavy atom. The highest BCUT2D eigenvalue weighted by molar-refractivity contribution is 5.81. The van der Waals surface area contributed by atoms with Gasteiger partial charge in [-0.2, -0.15) is 0 Å². The molecule has 0 aromatic heterocycles. The molecule has 116 valence electrons. The predicted molar refractivity (Wildman–Crippen MR) is 73.0 cm³/mol. The van der Waals surface area contributed by atoms with Crippen molar-refractivity contribution in [3.63, 3.8) is 0 Å². The third kappa shape index (κ3) is 5.71. The number of carbonyl (C=O) groups is 2. The van der Waals surface area contributed by atoms with Crippen LogP contribution in [0.5, 0.6) is 0 Å². The fourth-order valence-electron chi connectivity index (χ4n) is 1.77. The SMILES string of the molecule is CCCCC(OC(C)=O)C(/C=C\C(=O)OC)(OC)OC. The lowest BCUT2D eigenvalue weighted by Crippen LogP contribution is -2.46. The molecule has 0 spiro atoms. The first-order valence-electron chi connectivity index (χ1n) is 6.50. The molecule has 1 atom stereocenters. The number of ether oxygens (including phenoxy) is 4. The maximum absolute atomic E-state index is 11.2. The van der Waals surface area contributed by atoms with Crippen molar-refractivity contribution in [3.8, 4) is 0 Å². The molecule has 6 nitrogen and oxygen atoms in total. The van der Waals surface area contributed by atoms with Gasteiger partial charge in [-0.15, -0.1) is 0 Å². The summed E-state index contributed by atoms with van der Waals surface area (Å²) >= 11 is 0. The molecule has 0 bridgehead atoms. The van der Waals surface area contributed by atoms with Crippen molar-refractivity contribution >= 4 is 11.9 Å². The zero-order valence-corrected chi connectivity index (χ0v) is 12.8. The minimum Gasteiger partial charge on any atom is -0.466 e. The number of carbonyl (C=O) groups excluding carboxylic acids is 2. The fraction of sp³-hybridized carbons (Fsp3) is 0.714. The number of methoxy groups -OCH3 is 3. The molecular formula is C14H24O6. The first kappa shape index (κ1) is 18.6. The molecule has 1 unspecified atom stereocenters. The third-order valence-corrected chi connectivity index (χ3v) is 2.87. The molecule has 0 amide bonds. The second-order valence-corrected chi connectivity index (χ2v) is 4.23. The van der Waals surface area contributed by atoms with E-state index in [9.17, 15) is 9.59 Å². The summed E-state index contributed by atoms with van der Waals surface area (Å²) in [6.45, 7) is 3.34. The highest BCUT2D eigenvalue weighted by atomic mass is 16.7. The molecule has 0 radical (unpaired) electrons. The van der Waals surface area contributed by atoms with Crippen molar-refractivity contribution in [3.05, 3.63) is 12.2 Å². The highest BCUT2D eigenvalue weighted by Crippen LogP contribution is 2.26. The topological polar surface area (TPSA) is 71.1 Å². The molecule has 0 heterocycles. The lowest BCUT2D eigenvalue weighted by atomic mass is 10.0. The molecule has 0 saturated heterocycles. The monoisotopic (exact) mass is 288 g/mol. The summed E-state index contributed by atoms with van der Waals surface area (Å²) in [5.74, 6) is -2.29. The minimum atomic E-state index is -1.31. The van der Waals surface area contributed by atoms with Crippen LogP contribution < -0.4 is 0 Å². The van der Waals surface area contributed by atoms with Gasteiger partial charge >= 0.3 is 11.9 Å². The van der Waals surface area contributed by atoms with Gasteiger partial charge in [0, 0.05) is 27.2 Å². The number of hydrogen-bond acceptors (Lipinski definition) is 6. The zero-order chi connectivity index (χ0) is 15.6. The van der Waals surface area contributed by atoms with E-state index in [4.69, 9.17) is 14.2 Å². The second-order valence-electron chi connectivity index (χ2n) is 4.23. The van der Waals surface area contributed by atoms with Gasteiger partial charge in [0.2, 0.25) is 5.79 Å². The molecule has 0 fully saturated rings. The smallest absolute Gasteiger partial charge is 0.330 e. The number of esters is 2. The highest BCUT2D eigenvalue weighted by Gasteiger charge is 2.39. The van der Waals surface area contributed by atoms with Gasteiger partial charge in [0.15, 0.2) is 6.10 Å². The van der Waals surface area contributed by atoms with E-state index in [-0.39, 0.29) is 0 Å². The maximum atomic E-state index is 11.2. The average Bonchev–Trinajstić information content (AvgIpc) is 2.44. The average molecular weight is 288 g/mol. The van der Waals surface area contributed by atoms with Gasteiger partial charge in [-0.05, 0) is 18.9 Å². The lowest BCUT2D eigenvalue weighted by molar-refractivity contribution is -0.237. The molecule has 0 saturated carbocycles. The molecular weight excluding hydrogens is 264 g/mol.